The first-order valence-electron chi connectivity index (χ1n) is 7.75. The molecule has 0 amide bonds. The van der Waals surface area contributed by atoms with E-state index in [1.165, 1.54) is 0 Å². The Labute approximate surface area is 189 Å². The van der Waals surface area contributed by atoms with Gasteiger partial charge in [-0.15, -0.1) is 6.58 Å². The first kappa shape index (κ1) is 20.8. The van der Waals surface area contributed by atoms with Gasteiger partial charge in [0.05, 0.1) is 8.95 Å². The van der Waals surface area contributed by atoms with Gasteiger partial charge < -0.3 is 9.47 Å². The summed E-state index contributed by atoms with van der Waals surface area (Å²) in [5.41, 5.74) is -1.39. The molecule has 0 heterocycles. The maximum absolute atomic E-state index is 12.9. The van der Waals surface area contributed by atoms with E-state index in [4.69, 9.17) is 9.47 Å². The van der Waals surface area contributed by atoms with Gasteiger partial charge in [-0.05, 0) is 74.7 Å². The predicted molar refractivity (Wildman–Crippen MR) is 116 cm³/mol. The summed E-state index contributed by atoms with van der Waals surface area (Å²) in [6.45, 7) is 3.71. The Morgan fingerprint density at radius 3 is 1.70 bits per heavy atom. The summed E-state index contributed by atoms with van der Waals surface area (Å²) >= 11 is 13.4. The van der Waals surface area contributed by atoms with Crippen LogP contribution < -0.4 is 9.47 Å². The molecule has 4 nitrogen and oxygen atoms in total. The number of benzene rings is 2. The summed E-state index contributed by atoms with van der Waals surface area (Å²) in [5.74, 6) is -0.993. The molecule has 140 valence electrons. The van der Waals surface area contributed by atoms with Crippen LogP contribution in [-0.2, 0) is 9.59 Å². The average Bonchev–Trinajstić information content (AvgIpc) is 3.36. The van der Waals surface area contributed by atoms with Crippen molar-refractivity contribution in [3.63, 3.8) is 0 Å². The number of hydrogen-bond donors (Lipinski definition) is 0. The third-order valence-electron chi connectivity index (χ3n) is 4.22. The highest BCUT2D eigenvalue weighted by Crippen LogP contribution is 2.55. The van der Waals surface area contributed by atoms with Crippen LogP contribution >= 0.6 is 63.7 Å². The van der Waals surface area contributed by atoms with Crippen molar-refractivity contribution in [2.24, 2.45) is 11.3 Å². The number of carbonyl (C=O) groups excluding carboxylic acids is 2. The Morgan fingerprint density at radius 2 is 1.37 bits per heavy atom. The van der Waals surface area contributed by atoms with E-state index < -0.39 is 17.4 Å². The van der Waals surface area contributed by atoms with Crippen molar-refractivity contribution in [1.29, 1.82) is 0 Å². The van der Waals surface area contributed by atoms with E-state index in [1.54, 1.807) is 42.5 Å². The topological polar surface area (TPSA) is 52.6 Å². The molecule has 0 radical (unpaired) electrons. The molecule has 1 unspecified atom stereocenters. The second-order valence-corrected chi connectivity index (χ2v) is 9.49. The Bertz CT molecular complexity index is 876. The maximum Gasteiger partial charge on any atom is 0.329 e. The zero-order valence-electron chi connectivity index (χ0n) is 13.7. The van der Waals surface area contributed by atoms with Crippen molar-refractivity contribution in [3.05, 3.63) is 66.9 Å². The van der Waals surface area contributed by atoms with Gasteiger partial charge >= 0.3 is 11.9 Å². The molecule has 1 aliphatic rings. The first-order chi connectivity index (χ1) is 12.8. The van der Waals surface area contributed by atoms with Crippen LogP contribution in [0.3, 0.4) is 0 Å². The lowest BCUT2D eigenvalue weighted by Crippen LogP contribution is -2.35. The minimum atomic E-state index is -1.39. The second kappa shape index (κ2) is 8.19. The molecule has 0 aromatic heterocycles. The van der Waals surface area contributed by atoms with E-state index >= 15 is 0 Å². The molecular formula is C19H12Br4O4. The van der Waals surface area contributed by atoms with Crippen LogP contribution in [0.15, 0.2) is 66.9 Å². The summed E-state index contributed by atoms with van der Waals surface area (Å²) in [5, 5.41) is 0. The number of rotatable bonds is 5. The molecule has 2 aromatic rings. The van der Waals surface area contributed by atoms with Crippen molar-refractivity contribution in [1.82, 2.24) is 0 Å². The van der Waals surface area contributed by atoms with Gasteiger partial charge in [-0.3, -0.25) is 9.59 Å². The molecule has 1 atom stereocenters. The summed E-state index contributed by atoms with van der Waals surface area (Å²) in [6, 6.07) is 10.3. The average molecular weight is 624 g/mol. The fourth-order valence-corrected chi connectivity index (χ4v) is 4.88. The third kappa shape index (κ3) is 4.23. The van der Waals surface area contributed by atoms with Crippen molar-refractivity contribution in [3.8, 4) is 11.5 Å². The Hall–Kier alpha value is -0.960. The van der Waals surface area contributed by atoms with Crippen LogP contribution in [0.1, 0.15) is 6.42 Å². The number of esters is 2. The molecule has 1 aliphatic carbocycles. The fourth-order valence-electron chi connectivity index (χ4n) is 2.62. The van der Waals surface area contributed by atoms with Gasteiger partial charge in [-0.1, -0.05) is 37.9 Å². The predicted octanol–water partition coefficient (Wildman–Crippen LogP) is 6.44. The minimum absolute atomic E-state index is 0.302. The molecule has 0 N–H and O–H groups in total. The van der Waals surface area contributed by atoms with Gasteiger partial charge in [-0.2, -0.15) is 0 Å². The molecule has 8 heteroatoms. The van der Waals surface area contributed by atoms with Gasteiger partial charge in [-0.25, -0.2) is 0 Å². The molecule has 1 saturated carbocycles. The Balaban J connectivity index is 1.83. The Morgan fingerprint density at radius 1 is 0.926 bits per heavy atom. The quantitative estimate of drug-likeness (QED) is 0.167. The zero-order valence-corrected chi connectivity index (χ0v) is 20.0. The van der Waals surface area contributed by atoms with E-state index in [0.717, 1.165) is 8.95 Å². The van der Waals surface area contributed by atoms with Gasteiger partial charge in [0.15, 0.2) is 5.41 Å². The highest BCUT2D eigenvalue weighted by atomic mass is 79.9. The van der Waals surface area contributed by atoms with Crippen LogP contribution in [0.25, 0.3) is 0 Å². The van der Waals surface area contributed by atoms with Gasteiger partial charge in [0.2, 0.25) is 0 Å². The van der Waals surface area contributed by atoms with Crippen molar-refractivity contribution < 1.29 is 19.1 Å². The standard InChI is InChI=1S/C19H12Br4O4/c1-2-10-9-19(10,17(24)26-15-5-3-11(20)7-13(15)22)18(25)27-16-6-4-12(21)8-14(16)23/h2-8,10H,1,9H2. The molecule has 1 fully saturated rings. The minimum Gasteiger partial charge on any atom is -0.424 e. The van der Waals surface area contributed by atoms with E-state index in [9.17, 15) is 9.59 Å². The fraction of sp³-hybridized carbons (Fsp3) is 0.158. The normalized spacial score (nSPS) is 17.1. The van der Waals surface area contributed by atoms with Gasteiger partial charge in [0.1, 0.15) is 11.5 Å². The number of carbonyl (C=O) groups is 2. The lowest BCUT2D eigenvalue weighted by molar-refractivity contribution is -0.154. The molecule has 0 bridgehead atoms. The largest absolute Gasteiger partial charge is 0.424 e. The van der Waals surface area contributed by atoms with Crippen LogP contribution in [0.4, 0.5) is 0 Å². The second-order valence-electron chi connectivity index (χ2n) is 5.95. The highest BCUT2D eigenvalue weighted by molar-refractivity contribution is 9.11. The van der Waals surface area contributed by atoms with Crippen LogP contribution in [0, 0.1) is 11.3 Å². The van der Waals surface area contributed by atoms with Gasteiger partial charge in [0, 0.05) is 14.9 Å². The van der Waals surface area contributed by atoms with E-state index in [0.29, 0.717) is 26.9 Å². The summed E-state index contributed by atoms with van der Waals surface area (Å²) < 4.78 is 13.8. The summed E-state index contributed by atoms with van der Waals surface area (Å²) in [7, 11) is 0. The third-order valence-corrected chi connectivity index (χ3v) is 6.45. The molecule has 2 aromatic carbocycles. The van der Waals surface area contributed by atoms with Gasteiger partial charge in [0.25, 0.3) is 0 Å². The maximum atomic E-state index is 12.9. The van der Waals surface area contributed by atoms with E-state index in [1.807, 2.05) is 0 Å². The smallest absolute Gasteiger partial charge is 0.329 e. The molecule has 0 saturated heterocycles. The van der Waals surface area contributed by atoms with Crippen LogP contribution in [-0.4, -0.2) is 11.9 Å². The molecule has 27 heavy (non-hydrogen) atoms. The van der Waals surface area contributed by atoms with Crippen molar-refractivity contribution in [2.75, 3.05) is 0 Å². The number of ether oxygens (including phenoxy) is 2. The summed E-state index contributed by atoms with van der Waals surface area (Å²) in [6.07, 6.45) is 1.88. The summed E-state index contributed by atoms with van der Waals surface area (Å²) in [4.78, 5) is 25.7. The lowest BCUT2D eigenvalue weighted by Gasteiger charge is -2.16. The Kier molecular flexibility index (Phi) is 6.30. The van der Waals surface area contributed by atoms with Crippen molar-refractivity contribution in [2.45, 2.75) is 6.42 Å². The van der Waals surface area contributed by atoms with E-state index in [2.05, 4.69) is 70.3 Å². The molecule has 0 aliphatic heterocycles. The number of halogens is 4. The molecular weight excluding hydrogens is 612 g/mol. The zero-order chi connectivity index (χ0) is 19.8. The SMILES string of the molecule is C=CC1CC1(C(=O)Oc1ccc(Br)cc1Br)C(=O)Oc1ccc(Br)cc1Br. The first-order valence-corrected chi connectivity index (χ1v) is 10.9. The number of allylic oxidation sites excluding steroid dienone is 1. The monoisotopic (exact) mass is 620 g/mol. The van der Waals surface area contributed by atoms with Crippen molar-refractivity contribution >= 4 is 75.7 Å². The highest BCUT2D eigenvalue weighted by Gasteiger charge is 2.67. The molecule has 0 spiro atoms. The lowest BCUT2D eigenvalue weighted by atomic mass is 10.0. The van der Waals surface area contributed by atoms with Crippen LogP contribution in [0.2, 0.25) is 0 Å². The van der Waals surface area contributed by atoms with E-state index in [-0.39, 0.29) is 5.92 Å². The number of hydrogen-bond acceptors (Lipinski definition) is 4. The van der Waals surface area contributed by atoms with Crippen LogP contribution in [0.5, 0.6) is 11.5 Å². The molecule has 3 rings (SSSR count).